The molecule has 8 rings (SSSR count). The molecule has 5 aromatic rings. The van der Waals surface area contributed by atoms with Crippen LogP contribution in [0.2, 0.25) is 5.02 Å². The number of nitrogens with one attached hydrogen (secondary N) is 1. The lowest BCUT2D eigenvalue weighted by atomic mass is 9.84. The number of rotatable bonds is 6. The van der Waals surface area contributed by atoms with Crippen molar-refractivity contribution in [2.24, 2.45) is 5.92 Å². The molecule has 0 amide bonds. The molecular weight excluding hydrogens is 510 g/mol. The SMILES string of the molecule is COc1cc(-c2c(-c3ccncc3)nn3c(-c4ccc(NC5CN6CCC5CC6)nc4)ccnc23)ccc1Cl. The second-order valence-electron chi connectivity index (χ2n) is 10.2. The summed E-state index contributed by atoms with van der Waals surface area (Å²) < 4.78 is 7.40. The van der Waals surface area contributed by atoms with Crippen LogP contribution in [0.15, 0.2) is 73.3 Å². The van der Waals surface area contributed by atoms with Crippen LogP contribution in [0.4, 0.5) is 5.82 Å². The smallest absolute Gasteiger partial charge is 0.164 e. The number of hydrogen-bond donors (Lipinski definition) is 1. The van der Waals surface area contributed by atoms with Crippen molar-refractivity contribution in [3.8, 4) is 39.4 Å². The Morgan fingerprint density at radius 3 is 2.46 bits per heavy atom. The Bertz CT molecular complexity index is 1630. The Labute approximate surface area is 231 Å². The molecule has 4 aromatic heterocycles. The van der Waals surface area contributed by atoms with Crippen molar-refractivity contribution in [3.05, 3.63) is 78.3 Å². The van der Waals surface area contributed by atoms with Gasteiger partial charge in [0.2, 0.25) is 0 Å². The van der Waals surface area contributed by atoms with E-state index in [-0.39, 0.29) is 0 Å². The Balaban J connectivity index is 1.30. The van der Waals surface area contributed by atoms with Crippen LogP contribution in [-0.2, 0) is 0 Å². The van der Waals surface area contributed by atoms with Crippen LogP contribution in [0.5, 0.6) is 5.75 Å². The molecule has 8 nitrogen and oxygen atoms in total. The fraction of sp³-hybridized carbons (Fsp3) is 0.267. The van der Waals surface area contributed by atoms with Crippen LogP contribution in [0.25, 0.3) is 39.3 Å². The Hall–Kier alpha value is -4.01. The number of hydrogen-bond acceptors (Lipinski definition) is 7. The van der Waals surface area contributed by atoms with E-state index in [1.54, 1.807) is 19.5 Å². The minimum Gasteiger partial charge on any atom is -0.495 e. The van der Waals surface area contributed by atoms with E-state index in [4.69, 9.17) is 31.4 Å². The second kappa shape index (κ2) is 9.94. The van der Waals surface area contributed by atoms with Crippen molar-refractivity contribution in [1.82, 2.24) is 29.5 Å². The van der Waals surface area contributed by atoms with Gasteiger partial charge >= 0.3 is 0 Å². The average Bonchev–Trinajstić information content (AvgIpc) is 3.39. The number of anilines is 1. The van der Waals surface area contributed by atoms with Gasteiger partial charge in [-0.15, -0.1) is 0 Å². The quantitative estimate of drug-likeness (QED) is 0.298. The molecule has 0 spiro atoms. The number of benzene rings is 1. The van der Waals surface area contributed by atoms with Crippen molar-refractivity contribution >= 4 is 23.1 Å². The zero-order chi connectivity index (χ0) is 26.3. The van der Waals surface area contributed by atoms with Gasteiger partial charge in [-0.1, -0.05) is 17.7 Å². The predicted molar refractivity (Wildman–Crippen MR) is 153 cm³/mol. The lowest BCUT2D eigenvalue weighted by Gasteiger charge is -2.45. The summed E-state index contributed by atoms with van der Waals surface area (Å²) in [6.45, 7) is 3.55. The van der Waals surface area contributed by atoms with Gasteiger partial charge in [-0.05, 0) is 79.9 Å². The number of fused-ring (bicyclic) bond motifs is 4. The molecule has 1 atom stereocenters. The lowest BCUT2D eigenvalue weighted by Crippen LogP contribution is -2.53. The molecule has 0 saturated carbocycles. The number of nitrogens with zero attached hydrogens (tertiary/aromatic N) is 6. The van der Waals surface area contributed by atoms with E-state index in [2.05, 4.69) is 27.3 Å². The first-order valence-electron chi connectivity index (χ1n) is 13.3. The van der Waals surface area contributed by atoms with Crippen LogP contribution in [0, 0.1) is 5.92 Å². The summed E-state index contributed by atoms with van der Waals surface area (Å²) in [5.41, 5.74) is 6.16. The van der Waals surface area contributed by atoms with E-state index < -0.39 is 0 Å². The van der Waals surface area contributed by atoms with E-state index in [1.807, 2.05) is 53.3 Å². The van der Waals surface area contributed by atoms with Gasteiger partial charge in [-0.2, -0.15) is 5.10 Å². The van der Waals surface area contributed by atoms with Gasteiger partial charge < -0.3 is 15.0 Å². The third-order valence-corrected chi connectivity index (χ3v) is 8.27. The van der Waals surface area contributed by atoms with Crippen molar-refractivity contribution < 1.29 is 4.74 Å². The molecule has 1 aromatic carbocycles. The minimum atomic E-state index is 0.464. The van der Waals surface area contributed by atoms with Gasteiger partial charge in [-0.25, -0.2) is 14.5 Å². The first kappa shape index (κ1) is 24.1. The molecule has 3 aliphatic rings. The fourth-order valence-electron chi connectivity index (χ4n) is 5.91. The number of ether oxygens (including phenoxy) is 1. The number of methoxy groups -OCH3 is 1. The molecule has 3 saturated heterocycles. The largest absolute Gasteiger partial charge is 0.495 e. The number of piperidine rings is 3. The van der Waals surface area contributed by atoms with Crippen molar-refractivity contribution in [2.75, 3.05) is 32.1 Å². The summed E-state index contributed by atoms with van der Waals surface area (Å²) in [5.74, 6) is 2.24. The van der Waals surface area contributed by atoms with Gasteiger partial charge in [0.25, 0.3) is 0 Å². The van der Waals surface area contributed by atoms with E-state index in [0.717, 1.165) is 57.6 Å². The number of halogens is 1. The normalized spacial score (nSPS) is 20.3. The van der Waals surface area contributed by atoms with Gasteiger partial charge in [-0.3, -0.25) is 4.98 Å². The van der Waals surface area contributed by atoms with Crippen LogP contribution in [0.3, 0.4) is 0 Å². The summed E-state index contributed by atoms with van der Waals surface area (Å²) in [5, 5.41) is 9.29. The molecule has 39 heavy (non-hydrogen) atoms. The standard InChI is InChI=1S/C30H28ClN7O/c1-39-26-16-21(2-4-23(26)31)28-29(20-6-11-32-12-7-20)36-38-25(8-13-33-30(28)38)22-3-5-27(34-17-22)35-24-18-37-14-9-19(24)10-15-37/h2-8,11-13,16-17,19,24H,9-10,14-15,18H2,1H3,(H,34,35). The minimum absolute atomic E-state index is 0.464. The predicted octanol–water partition coefficient (Wildman–Crippen LogP) is 5.69. The summed E-state index contributed by atoms with van der Waals surface area (Å²) in [6.07, 6.45) is 9.81. The Morgan fingerprint density at radius 2 is 1.74 bits per heavy atom. The summed E-state index contributed by atoms with van der Waals surface area (Å²) in [6, 6.07) is 16.2. The summed E-state index contributed by atoms with van der Waals surface area (Å²) >= 11 is 6.35. The molecule has 7 heterocycles. The molecule has 0 radical (unpaired) electrons. The Kier molecular flexibility index (Phi) is 6.14. The first-order chi connectivity index (χ1) is 19.2. The van der Waals surface area contributed by atoms with Crippen LogP contribution in [0.1, 0.15) is 12.8 Å². The highest BCUT2D eigenvalue weighted by atomic mass is 35.5. The fourth-order valence-corrected chi connectivity index (χ4v) is 6.10. The maximum Gasteiger partial charge on any atom is 0.164 e. The molecule has 3 aliphatic heterocycles. The second-order valence-corrected chi connectivity index (χ2v) is 10.6. The maximum absolute atomic E-state index is 6.35. The van der Waals surface area contributed by atoms with Crippen molar-refractivity contribution in [1.29, 1.82) is 0 Å². The number of pyridine rings is 2. The molecule has 1 unspecified atom stereocenters. The topological polar surface area (TPSA) is 80.5 Å². The Morgan fingerprint density at radius 1 is 0.923 bits per heavy atom. The maximum atomic E-state index is 6.35. The molecule has 2 bridgehead atoms. The third kappa shape index (κ3) is 4.39. The zero-order valence-corrected chi connectivity index (χ0v) is 22.3. The van der Waals surface area contributed by atoms with Crippen molar-refractivity contribution in [3.63, 3.8) is 0 Å². The molecule has 3 fully saturated rings. The summed E-state index contributed by atoms with van der Waals surface area (Å²) in [4.78, 5) is 16.3. The monoisotopic (exact) mass is 537 g/mol. The van der Waals surface area contributed by atoms with E-state index >= 15 is 0 Å². The zero-order valence-electron chi connectivity index (χ0n) is 21.6. The van der Waals surface area contributed by atoms with Crippen LogP contribution < -0.4 is 10.1 Å². The lowest BCUT2D eigenvalue weighted by molar-refractivity contribution is 0.0974. The van der Waals surface area contributed by atoms with Gasteiger partial charge in [0.1, 0.15) is 17.3 Å². The van der Waals surface area contributed by atoms with Gasteiger partial charge in [0.05, 0.1) is 23.4 Å². The average molecular weight is 538 g/mol. The molecular formula is C30H28ClN7O. The first-order valence-corrected chi connectivity index (χ1v) is 13.6. The molecule has 196 valence electrons. The summed E-state index contributed by atoms with van der Waals surface area (Å²) in [7, 11) is 1.61. The third-order valence-electron chi connectivity index (χ3n) is 7.96. The van der Waals surface area contributed by atoms with Crippen molar-refractivity contribution in [2.45, 2.75) is 18.9 Å². The van der Waals surface area contributed by atoms with Gasteiger partial charge in [0, 0.05) is 48.5 Å². The van der Waals surface area contributed by atoms with E-state index in [0.29, 0.717) is 16.8 Å². The highest BCUT2D eigenvalue weighted by molar-refractivity contribution is 6.32. The molecule has 1 N–H and O–H groups in total. The molecule has 9 heteroatoms. The highest BCUT2D eigenvalue weighted by Crippen LogP contribution is 2.39. The number of aromatic nitrogens is 5. The van der Waals surface area contributed by atoms with Gasteiger partial charge in [0.15, 0.2) is 5.65 Å². The van der Waals surface area contributed by atoms with E-state index in [9.17, 15) is 0 Å². The van der Waals surface area contributed by atoms with Crippen LogP contribution in [-0.4, -0.2) is 62.3 Å². The molecule has 0 aliphatic carbocycles. The van der Waals surface area contributed by atoms with Crippen LogP contribution >= 0.6 is 11.6 Å². The van der Waals surface area contributed by atoms with E-state index in [1.165, 1.54) is 25.9 Å². The highest BCUT2D eigenvalue weighted by Gasteiger charge is 2.34.